The molecule has 2 N–H and O–H groups in total. The van der Waals surface area contributed by atoms with Crippen LogP contribution < -0.4 is 5.32 Å². The molecule has 0 aliphatic heterocycles. The fourth-order valence-corrected chi connectivity index (χ4v) is 1.19. The quantitative estimate of drug-likeness (QED) is 0.798. The van der Waals surface area contributed by atoms with E-state index in [9.17, 15) is 8.78 Å². The summed E-state index contributed by atoms with van der Waals surface area (Å²) in [6.45, 7) is 1.85. The number of aromatic amines is 1. The molecule has 0 radical (unpaired) electrons. The molecule has 2 aromatic rings. The second-order valence-electron chi connectivity index (χ2n) is 3.17. The first-order valence-electron chi connectivity index (χ1n) is 4.39. The van der Waals surface area contributed by atoms with Gasteiger partial charge in [-0.3, -0.25) is 0 Å². The van der Waals surface area contributed by atoms with E-state index in [1.54, 1.807) is 6.20 Å². The number of rotatable bonds is 2. The van der Waals surface area contributed by atoms with Gasteiger partial charge < -0.3 is 10.3 Å². The predicted molar refractivity (Wildman–Crippen MR) is 53.0 cm³/mol. The van der Waals surface area contributed by atoms with Crippen molar-refractivity contribution in [3.8, 4) is 0 Å². The van der Waals surface area contributed by atoms with Crippen LogP contribution in [-0.2, 0) is 0 Å². The molecule has 0 atom stereocenters. The Labute approximate surface area is 85.2 Å². The Morgan fingerprint density at radius 3 is 2.67 bits per heavy atom. The zero-order chi connectivity index (χ0) is 10.8. The Bertz CT molecular complexity index is 479. The number of hydrogen-bond acceptors (Lipinski definition) is 2. The van der Waals surface area contributed by atoms with E-state index in [1.807, 2.05) is 6.92 Å². The first kappa shape index (κ1) is 9.64. The fraction of sp³-hybridized carbons (Fsp3) is 0.100. The summed E-state index contributed by atoms with van der Waals surface area (Å²) in [5, 5.41) is 2.82. The van der Waals surface area contributed by atoms with Crippen LogP contribution in [0.3, 0.4) is 0 Å². The van der Waals surface area contributed by atoms with Crippen molar-refractivity contribution < 1.29 is 8.78 Å². The summed E-state index contributed by atoms with van der Waals surface area (Å²) in [4.78, 5) is 6.90. The SMILES string of the molecule is Cc1cnc(Nc2ccc(F)c(F)c2)[nH]1. The zero-order valence-corrected chi connectivity index (χ0v) is 8.01. The van der Waals surface area contributed by atoms with E-state index >= 15 is 0 Å². The third-order valence-corrected chi connectivity index (χ3v) is 1.89. The number of anilines is 2. The maximum absolute atomic E-state index is 12.8. The monoisotopic (exact) mass is 209 g/mol. The molecular weight excluding hydrogens is 200 g/mol. The average molecular weight is 209 g/mol. The fourth-order valence-electron chi connectivity index (χ4n) is 1.19. The number of halogens is 2. The summed E-state index contributed by atoms with van der Waals surface area (Å²) in [7, 11) is 0. The molecule has 1 heterocycles. The summed E-state index contributed by atoms with van der Waals surface area (Å²) in [5.41, 5.74) is 1.34. The largest absolute Gasteiger partial charge is 0.328 e. The van der Waals surface area contributed by atoms with E-state index < -0.39 is 11.6 Å². The van der Waals surface area contributed by atoms with E-state index in [0.29, 0.717) is 11.6 Å². The summed E-state index contributed by atoms with van der Waals surface area (Å²) in [6.07, 6.45) is 1.64. The van der Waals surface area contributed by atoms with Crippen LogP contribution >= 0.6 is 0 Å². The molecule has 0 spiro atoms. The van der Waals surface area contributed by atoms with Crippen molar-refractivity contribution in [1.82, 2.24) is 9.97 Å². The van der Waals surface area contributed by atoms with Gasteiger partial charge in [-0.05, 0) is 19.1 Å². The van der Waals surface area contributed by atoms with Crippen LogP contribution in [0.25, 0.3) is 0 Å². The molecule has 0 saturated heterocycles. The lowest BCUT2D eigenvalue weighted by molar-refractivity contribution is 0.509. The van der Waals surface area contributed by atoms with Gasteiger partial charge in [-0.1, -0.05) is 0 Å². The molecule has 2 rings (SSSR count). The lowest BCUT2D eigenvalue weighted by atomic mass is 10.3. The van der Waals surface area contributed by atoms with Crippen LogP contribution in [0.15, 0.2) is 24.4 Å². The summed E-state index contributed by atoms with van der Waals surface area (Å²) in [6, 6.07) is 3.58. The van der Waals surface area contributed by atoms with Gasteiger partial charge in [0.2, 0.25) is 5.95 Å². The second-order valence-corrected chi connectivity index (χ2v) is 3.17. The lowest BCUT2D eigenvalue weighted by Gasteiger charge is -2.02. The first-order valence-corrected chi connectivity index (χ1v) is 4.39. The molecule has 0 unspecified atom stereocenters. The normalized spacial score (nSPS) is 10.3. The summed E-state index contributed by atoms with van der Waals surface area (Å²) >= 11 is 0. The van der Waals surface area contributed by atoms with Crippen molar-refractivity contribution in [3.05, 3.63) is 41.7 Å². The van der Waals surface area contributed by atoms with Gasteiger partial charge in [0.05, 0.1) is 0 Å². The molecule has 0 aliphatic carbocycles. The van der Waals surface area contributed by atoms with Gasteiger partial charge in [-0.15, -0.1) is 0 Å². The highest BCUT2D eigenvalue weighted by Gasteiger charge is 2.03. The highest BCUT2D eigenvalue weighted by atomic mass is 19.2. The highest BCUT2D eigenvalue weighted by Crippen LogP contribution is 2.16. The van der Waals surface area contributed by atoms with E-state index in [1.165, 1.54) is 6.07 Å². The number of benzene rings is 1. The maximum atomic E-state index is 12.8. The molecule has 0 saturated carbocycles. The van der Waals surface area contributed by atoms with Gasteiger partial charge in [0.15, 0.2) is 11.6 Å². The van der Waals surface area contributed by atoms with Gasteiger partial charge in [-0.2, -0.15) is 0 Å². The van der Waals surface area contributed by atoms with Gasteiger partial charge in [0, 0.05) is 23.6 Å². The molecule has 15 heavy (non-hydrogen) atoms. The number of hydrogen-bond donors (Lipinski definition) is 2. The average Bonchev–Trinajstić information content (AvgIpc) is 2.58. The third-order valence-electron chi connectivity index (χ3n) is 1.89. The van der Waals surface area contributed by atoms with E-state index in [-0.39, 0.29) is 0 Å². The highest BCUT2D eigenvalue weighted by molar-refractivity contribution is 5.53. The minimum absolute atomic E-state index is 0.447. The summed E-state index contributed by atoms with van der Waals surface area (Å²) in [5.74, 6) is -1.25. The number of nitrogens with zero attached hydrogens (tertiary/aromatic N) is 1. The number of H-pyrrole nitrogens is 1. The van der Waals surface area contributed by atoms with Crippen molar-refractivity contribution in [2.24, 2.45) is 0 Å². The number of nitrogens with one attached hydrogen (secondary N) is 2. The Balaban J connectivity index is 2.21. The lowest BCUT2D eigenvalue weighted by Crippen LogP contribution is -1.94. The predicted octanol–water partition coefficient (Wildman–Crippen LogP) is 2.74. The van der Waals surface area contributed by atoms with Gasteiger partial charge in [0.25, 0.3) is 0 Å². The molecule has 78 valence electrons. The Kier molecular flexibility index (Phi) is 2.37. The van der Waals surface area contributed by atoms with Crippen molar-refractivity contribution in [2.75, 3.05) is 5.32 Å². The Morgan fingerprint density at radius 2 is 2.07 bits per heavy atom. The number of aryl methyl sites for hydroxylation is 1. The van der Waals surface area contributed by atoms with Crippen LogP contribution in [-0.4, -0.2) is 9.97 Å². The van der Waals surface area contributed by atoms with Crippen molar-refractivity contribution in [2.45, 2.75) is 6.92 Å². The topological polar surface area (TPSA) is 40.7 Å². The van der Waals surface area contributed by atoms with Crippen molar-refractivity contribution in [1.29, 1.82) is 0 Å². The number of imidazole rings is 1. The van der Waals surface area contributed by atoms with Crippen LogP contribution in [0.2, 0.25) is 0 Å². The van der Waals surface area contributed by atoms with Crippen LogP contribution in [0.5, 0.6) is 0 Å². The van der Waals surface area contributed by atoms with Gasteiger partial charge in [-0.25, -0.2) is 13.8 Å². The molecule has 1 aromatic heterocycles. The van der Waals surface area contributed by atoms with E-state index in [0.717, 1.165) is 17.8 Å². The molecule has 0 fully saturated rings. The van der Waals surface area contributed by atoms with Crippen LogP contribution in [0.1, 0.15) is 5.69 Å². The van der Waals surface area contributed by atoms with E-state index in [2.05, 4.69) is 15.3 Å². The van der Waals surface area contributed by atoms with E-state index in [4.69, 9.17) is 0 Å². The smallest absolute Gasteiger partial charge is 0.204 e. The molecular formula is C10H9F2N3. The Morgan fingerprint density at radius 1 is 1.27 bits per heavy atom. The third kappa shape index (κ3) is 2.12. The minimum atomic E-state index is -0.886. The Hall–Kier alpha value is -1.91. The molecule has 0 amide bonds. The van der Waals surface area contributed by atoms with Gasteiger partial charge >= 0.3 is 0 Å². The molecule has 3 nitrogen and oxygen atoms in total. The molecule has 5 heteroatoms. The van der Waals surface area contributed by atoms with Crippen molar-refractivity contribution in [3.63, 3.8) is 0 Å². The number of aromatic nitrogens is 2. The summed E-state index contributed by atoms with van der Waals surface area (Å²) < 4.78 is 25.5. The zero-order valence-electron chi connectivity index (χ0n) is 8.01. The van der Waals surface area contributed by atoms with Crippen molar-refractivity contribution >= 4 is 11.6 Å². The first-order chi connectivity index (χ1) is 7.15. The standard InChI is InChI=1S/C10H9F2N3/c1-6-5-13-10(14-6)15-7-2-3-8(11)9(12)4-7/h2-5H,1H3,(H2,13,14,15). The van der Waals surface area contributed by atoms with Crippen LogP contribution in [0, 0.1) is 18.6 Å². The second kappa shape index (κ2) is 3.68. The van der Waals surface area contributed by atoms with Gasteiger partial charge in [0.1, 0.15) is 0 Å². The van der Waals surface area contributed by atoms with Crippen LogP contribution in [0.4, 0.5) is 20.4 Å². The maximum Gasteiger partial charge on any atom is 0.204 e. The molecule has 0 aliphatic rings. The minimum Gasteiger partial charge on any atom is -0.328 e. The molecule has 0 bridgehead atoms. The molecule has 1 aromatic carbocycles.